The summed E-state index contributed by atoms with van der Waals surface area (Å²) in [5, 5.41) is 0. The highest BCUT2D eigenvalue weighted by molar-refractivity contribution is 5.41. The molecular weight excluding hydrogens is 717 g/mol. The molecule has 2 aliphatic carbocycles. The van der Waals surface area contributed by atoms with E-state index in [1.165, 1.54) is 211 Å². The minimum absolute atomic E-state index is 0.802. The minimum atomic E-state index is 0.802. The highest BCUT2D eigenvalue weighted by Crippen LogP contribution is 2.48. The minimum Gasteiger partial charge on any atom is -0.494 e. The molecule has 2 aliphatic rings. The fraction of sp³-hybridized carbons (Fsp3) is 0.786. The summed E-state index contributed by atoms with van der Waals surface area (Å²) in [6.45, 7) is 9.91. The zero-order valence-corrected chi connectivity index (χ0v) is 39.9. The molecular formula is C56H100N2O. The van der Waals surface area contributed by atoms with Gasteiger partial charge in [0.25, 0.3) is 0 Å². The van der Waals surface area contributed by atoms with Gasteiger partial charge in [-0.3, -0.25) is 0 Å². The van der Waals surface area contributed by atoms with E-state index in [0.717, 1.165) is 53.8 Å². The first-order valence-corrected chi connectivity index (χ1v) is 26.3. The standard InChI is InChI=1S/C45H83NO.C7H9N.C4H8/c1-4-7-10-13-15-16-17-20-25-30-41-34-33-40(29-24-12-9-6-3)44(31-26-21-14-11-8-5-2)45(41)32-27-22-18-19-23-28-39-47-43-37-35-42(46)36-38-43;1-6-2-4-7(8)5-3-6;1-2-4-3-1/h35-38,40-41,44-45H,4-34,39,46H2,1-3H3;2-5H,8H2,1H3;1-4H2. The summed E-state index contributed by atoms with van der Waals surface area (Å²) < 4.78 is 5.92. The highest BCUT2D eigenvalue weighted by atomic mass is 16.5. The second-order valence-electron chi connectivity index (χ2n) is 19.1. The number of hydrogen-bond donors (Lipinski definition) is 2. The zero-order valence-electron chi connectivity index (χ0n) is 39.9. The van der Waals surface area contributed by atoms with Gasteiger partial charge in [0.15, 0.2) is 0 Å². The number of nitrogen functional groups attached to an aromatic ring is 2. The van der Waals surface area contributed by atoms with E-state index in [1.54, 1.807) is 12.8 Å². The smallest absolute Gasteiger partial charge is 0.119 e. The van der Waals surface area contributed by atoms with Crippen molar-refractivity contribution in [2.75, 3.05) is 18.1 Å². The van der Waals surface area contributed by atoms with Gasteiger partial charge < -0.3 is 16.2 Å². The Balaban J connectivity index is 0.000000846. The Morgan fingerprint density at radius 3 is 1.10 bits per heavy atom. The van der Waals surface area contributed by atoms with E-state index in [2.05, 4.69) is 20.8 Å². The molecule has 0 saturated heterocycles. The van der Waals surface area contributed by atoms with E-state index < -0.39 is 0 Å². The first kappa shape index (κ1) is 53.0. The molecule has 2 aromatic carbocycles. The molecule has 2 fully saturated rings. The number of aryl methyl sites for hydroxylation is 1. The van der Waals surface area contributed by atoms with Gasteiger partial charge in [0, 0.05) is 11.4 Å². The van der Waals surface area contributed by atoms with Crippen molar-refractivity contribution in [2.45, 2.75) is 252 Å². The van der Waals surface area contributed by atoms with Crippen molar-refractivity contribution < 1.29 is 4.74 Å². The largest absolute Gasteiger partial charge is 0.494 e. The Labute approximate surface area is 368 Å². The second-order valence-corrected chi connectivity index (χ2v) is 19.1. The van der Waals surface area contributed by atoms with Gasteiger partial charge in [-0.2, -0.15) is 0 Å². The van der Waals surface area contributed by atoms with Crippen LogP contribution < -0.4 is 16.2 Å². The highest BCUT2D eigenvalue weighted by Gasteiger charge is 2.37. The Morgan fingerprint density at radius 2 is 0.729 bits per heavy atom. The van der Waals surface area contributed by atoms with E-state index in [9.17, 15) is 0 Å². The number of ether oxygens (including phenoxy) is 1. The molecule has 0 bridgehead atoms. The van der Waals surface area contributed by atoms with Gasteiger partial charge in [0.05, 0.1) is 6.61 Å². The van der Waals surface area contributed by atoms with Crippen molar-refractivity contribution in [3.63, 3.8) is 0 Å². The number of benzene rings is 2. The third kappa shape index (κ3) is 28.1. The van der Waals surface area contributed by atoms with Crippen LogP contribution in [0.1, 0.15) is 251 Å². The molecule has 3 nitrogen and oxygen atoms in total. The molecule has 4 atom stereocenters. The van der Waals surface area contributed by atoms with Crippen LogP contribution in [0.2, 0.25) is 0 Å². The van der Waals surface area contributed by atoms with Crippen LogP contribution in [0.15, 0.2) is 48.5 Å². The molecule has 59 heavy (non-hydrogen) atoms. The van der Waals surface area contributed by atoms with Crippen molar-refractivity contribution in [3.8, 4) is 5.75 Å². The molecule has 4 rings (SSSR count). The molecule has 340 valence electrons. The number of unbranched alkanes of at least 4 members (excludes halogenated alkanes) is 21. The van der Waals surface area contributed by atoms with Crippen molar-refractivity contribution in [2.24, 2.45) is 23.7 Å². The maximum atomic E-state index is 5.92. The summed E-state index contributed by atoms with van der Waals surface area (Å²) in [5.74, 6) is 5.02. The van der Waals surface area contributed by atoms with Crippen LogP contribution in [0.25, 0.3) is 0 Å². The van der Waals surface area contributed by atoms with Crippen molar-refractivity contribution in [1.29, 1.82) is 0 Å². The number of nitrogens with two attached hydrogens (primary N) is 2. The molecule has 4 unspecified atom stereocenters. The van der Waals surface area contributed by atoms with Crippen molar-refractivity contribution in [1.82, 2.24) is 0 Å². The molecule has 0 heterocycles. The topological polar surface area (TPSA) is 61.3 Å². The molecule has 0 amide bonds. The lowest BCUT2D eigenvalue weighted by Crippen LogP contribution is -2.35. The fourth-order valence-electron chi connectivity index (χ4n) is 9.64. The molecule has 4 N–H and O–H groups in total. The maximum absolute atomic E-state index is 5.92. The Hall–Kier alpha value is -2.16. The maximum Gasteiger partial charge on any atom is 0.119 e. The zero-order chi connectivity index (χ0) is 42.4. The lowest BCUT2D eigenvalue weighted by molar-refractivity contribution is 0.0581. The van der Waals surface area contributed by atoms with E-state index in [0.29, 0.717) is 0 Å². The van der Waals surface area contributed by atoms with Gasteiger partial charge in [-0.15, -0.1) is 0 Å². The number of hydrogen-bond acceptors (Lipinski definition) is 3. The second kappa shape index (κ2) is 37.6. The van der Waals surface area contributed by atoms with Gasteiger partial charge in [0.2, 0.25) is 0 Å². The van der Waals surface area contributed by atoms with Crippen LogP contribution in [0.5, 0.6) is 5.75 Å². The van der Waals surface area contributed by atoms with Gasteiger partial charge in [-0.25, -0.2) is 0 Å². The van der Waals surface area contributed by atoms with E-state index in [-0.39, 0.29) is 0 Å². The van der Waals surface area contributed by atoms with Crippen LogP contribution in [-0.4, -0.2) is 6.61 Å². The molecule has 0 radical (unpaired) electrons. The van der Waals surface area contributed by atoms with Gasteiger partial charge in [0.1, 0.15) is 5.75 Å². The third-order valence-electron chi connectivity index (χ3n) is 13.8. The van der Waals surface area contributed by atoms with Crippen LogP contribution in [0, 0.1) is 30.6 Å². The first-order valence-electron chi connectivity index (χ1n) is 26.3. The van der Waals surface area contributed by atoms with Gasteiger partial charge >= 0.3 is 0 Å². The third-order valence-corrected chi connectivity index (χ3v) is 13.8. The Kier molecular flexibility index (Phi) is 33.8. The Bertz CT molecular complexity index is 1130. The number of anilines is 2. The van der Waals surface area contributed by atoms with Gasteiger partial charge in [-0.05, 0) is 99.1 Å². The molecule has 2 saturated carbocycles. The predicted octanol–water partition coefficient (Wildman–Crippen LogP) is 18.4. The summed E-state index contributed by atoms with van der Waals surface area (Å²) in [4.78, 5) is 0. The van der Waals surface area contributed by atoms with E-state index in [4.69, 9.17) is 16.2 Å². The molecule has 0 aromatic heterocycles. The quantitative estimate of drug-likeness (QED) is 0.0571. The summed E-state index contributed by atoms with van der Waals surface area (Å²) >= 11 is 0. The van der Waals surface area contributed by atoms with E-state index in [1.807, 2.05) is 55.5 Å². The monoisotopic (exact) mass is 817 g/mol. The van der Waals surface area contributed by atoms with Crippen LogP contribution in [0.4, 0.5) is 11.4 Å². The lowest BCUT2D eigenvalue weighted by Gasteiger charge is -2.44. The summed E-state index contributed by atoms with van der Waals surface area (Å²) in [7, 11) is 0. The fourth-order valence-corrected chi connectivity index (χ4v) is 9.64. The lowest BCUT2D eigenvalue weighted by atomic mass is 9.61. The normalized spacial score (nSPS) is 18.6. The average molecular weight is 817 g/mol. The molecule has 0 aliphatic heterocycles. The molecule has 3 heteroatoms. The summed E-state index contributed by atoms with van der Waals surface area (Å²) in [5.41, 5.74) is 14.1. The summed E-state index contributed by atoms with van der Waals surface area (Å²) in [6.07, 6.45) is 50.9. The Morgan fingerprint density at radius 1 is 0.407 bits per heavy atom. The van der Waals surface area contributed by atoms with Crippen LogP contribution >= 0.6 is 0 Å². The molecule has 0 spiro atoms. The van der Waals surface area contributed by atoms with Gasteiger partial charge in [-0.1, -0.05) is 231 Å². The average Bonchev–Trinajstić information content (AvgIpc) is 3.21. The van der Waals surface area contributed by atoms with Crippen molar-refractivity contribution in [3.05, 3.63) is 54.1 Å². The SMILES string of the molecule is C1CCC1.CCCCCCCCCCCC1CCC(CCCCCC)C(CCCCCCCC)C1CCCCCCCCOc1ccc(N)cc1.Cc1ccc(N)cc1. The first-order chi connectivity index (χ1) is 29.0. The van der Waals surface area contributed by atoms with Crippen molar-refractivity contribution >= 4 is 11.4 Å². The van der Waals surface area contributed by atoms with E-state index >= 15 is 0 Å². The summed E-state index contributed by atoms with van der Waals surface area (Å²) in [6, 6.07) is 15.6. The van der Waals surface area contributed by atoms with Crippen LogP contribution in [0.3, 0.4) is 0 Å². The number of rotatable bonds is 32. The van der Waals surface area contributed by atoms with Crippen LogP contribution in [-0.2, 0) is 0 Å². The predicted molar refractivity (Wildman–Crippen MR) is 265 cm³/mol. The molecule has 2 aromatic rings.